The van der Waals surface area contributed by atoms with E-state index in [4.69, 9.17) is 0 Å². The normalized spacial score (nSPS) is 26.1. The van der Waals surface area contributed by atoms with E-state index in [2.05, 4.69) is 30.4 Å². The molecule has 0 aliphatic heterocycles. The van der Waals surface area contributed by atoms with Crippen LogP contribution in [0.4, 0.5) is 0 Å². The molecular weight excluding hydrogens is 196 g/mol. The standard InChI is InChI=1S/C15H14O/c16-15-10-9-13-12(7-4-8-14(13)15)11-5-2-1-3-6-11/h1-5,7-11,15-16H,6H2. The minimum absolute atomic E-state index is 0.418. The van der Waals surface area contributed by atoms with Crippen LogP contribution >= 0.6 is 0 Å². The van der Waals surface area contributed by atoms with Crippen molar-refractivity contribution in [1.82, 2.24) is 0 Å². The van der Waals surface area contributed by atoms with Crippen molar-refractivity contribution in [2.45, 2.75) is 18.4 Å². The molecule has 0 fully saturated rings. The molecule has 0 heterocycles. The number of fused-ring (bicyclic) bond motifs is 1. The highest BCUT2D eigenvalue weighted by molar-refractivity contribution is 5.66. The third-order valence-corrected chi connectivity index (χ3v) is 3.32. The van der Waals surface area contributed by atoms with Gasteiger partial charge in [-0.25, -0.2) is 0 Å². The molecule has 2 unspecified atom stereocenters. The van der Waals surface area contributed by atoms with Crippen molar-refractivity contribution in [2.24, 2.45) is 0 Å². The minimum atomic E-state index is -0.418. The summed E-state index contributed by atoms with van der Waals surface area (Å²) >= 11 is 0. The highest BCUT2D eigenvalue weighted by Crippen LogP contribution is 2.36. The molecule has 1 nitrogen and oxygen atoms in total. The molecule has 0 spiro atoms. The summed E-state index contributed by atoms with van der Waals surface area (Å²) in [6, 6.07) is 6.21. The average Bonchev–Trinajstić information content (AvgIpc) is 2.73. The Kier molecular flexibility index (Phi) is 2.26. The molecule has 2 aliphatic carbocycles. The Morgan fingerprint density at radius 3 is 2.75 bits per heavy atom. The lowest BCUT2D eigenvalue weighted by Gasteiger charge is -2.17. The van der Waals surface area contributed by atoms with E-state index < -0.39 is 6.10 Å². The number of benzene rings is 1. The number of hydrogen-bond donors (Lipinski definition) is 1. The van der Waals surface area contributed by atoms with Gasteiger partial charge in [0.2, 0.25) is 0 Å². The molecule has 1 heteroatoms. The molecule has 0 amide bonds. The predicted molar refractivity (Wildman–Crippen MR) is 66.1 cm³/mol. The fourth-order valence-electron chi connectivity index (χ4n) is 2.48. The zero-order valence-corrected chi connectivity index (χ0v) is 9.01. The van der Waals surface area contributed by atoms with Crippen molar-refractivity contribution in [3.8, 4) is 0 Å². The third kappa shape index (κ3) is 1.44. The second-order valence-electron chi connectivity index (χ2n) is 4.31. The lowest BCUT2D eigenvalue weighted by atomic mass is 9.88. The van der Waals surface area contributed by atoms with Gasteiger partial charge in [-0.1, -0.05) is 54.7 Å². The second kappa shape index (κ2) is 3.76. The molecule has 0 bridgehead atoms. The van der Waals surface area contributed by atoms with E-state index >= 15 is 0 Å². The molecule has 16 heavy (non-hydrogen) atoms. The van der Waals surface area contributed by atoms with Crippen molar-refractivity contribution >= 4 is 6.08 Å². The van der Waals surface area contributed by atoms with Crippen LogP contribution in [0.5, 0.6) is 0 Å². The first kappa shape index (κ1) is 9.61. The molecule has 80 valence electrons. The Morgan fingerprint density at radius 1 is 1.06 bits per heavy atom. The van der Waals surface area contributed by atoms with Crippen LogP contribution in [0.3, 0.4) is 0 Å². The Bertz CT molecular complexity index is 494. The molecule has 0 saturated carbocycles. The summed E-state index contributed by atoms with van der Waals surface area (Å²) in [5.74, 6) is 0.454. The maximum absolute atomic E-state index is 9.79. The molecule has 1 aromatic rings. The molecule has 0 saturated heterocycles. The van der Waals surface area contributed by atoms with E-state index in [1.807, 2.05) is 24.3 Å². The van der Waals surface area contributed by atoms with Crippen LogP contribution in [0, 0.1) is 0 Å². The summed E-state index contributed by atoms with van der Waals surface area (Å²) in [4.78, 5) is 0. The van der Waals surface area contributed by atoms with Gasteiger partial charge >= 0.3 is 0 Å². The van der Waals surface area contributed by atoms with E-state index in [-0.39, 0.29) is 0 Å². The molecule has 1 aromatic carbocycles. The Hall–Kier alpha value is -1.60. The van der Waals surface area contributed by atoms with Crippen molar-refractivity contribution in [3.05, 3.63) is 65.3 Å². The first-order valence-corrected chi connectivity index (χ1v) is 5.68. The molecule has 3 rings (SSSR count). The van der Waals surface area contributed by atoms with Gasteiger partial charge < -0.3 is 5.11 Å². The fraction of sp³-hybridized carbons (Fsp3) is 0.200. The van der Waals surface area contributed by atoms with E-state index in [9.17, 15) is 5.11 Å². The van der Waals surface area contributed by atoms with Gasteiger partial charge in [-0.2, -0.15) is 0 Å². The maximum Gasteiger partial charge on any atom is 0.0980 e. The second-order valence-corrected chi connectivity index (χ2v) is 4.31. The summed E-state index contributed by atoms with van der Waals surface area (Å²) in [7, 11) is 0. The third-order valence-electron chi connectivity index (χ3n) is 3.32. The van der Waals surface area contributed by atoms with E-state index in [0.717, 1.165) is 12.0 Å². The zero-order chi connectivity index (χ0) is 11.0. The number of allylic oxidation sites excluding steroid dienone is 4. The van der Waals surface area contributed by atoms with Gasteiger partial charge in [0, 0.05) is 5.92 Å². The van der Waals surface area contributed by atoms with Crippen LogP contribution in [-0.2, 0) is 0 Å². The van der Waals surface area contributed by atoms with Crippen molar-refractivity contribution < 1.29 is 5.11 Å². The Balaban J connectivity index is 2.06. The van der Waals surface area contributed by atoms with Gasteiger partial charge in [0.25, 0.3) is 0 Å². The van der Waals surface area contributed by atoms with E-state index in [0.29, 0.717) is 5.92 Å². The average molecular weight is 210 g/mol. The predicted octanol–water partition coefficient (Wildman–Crippen LogP) is 3.35. The number of aliphatic hydroxyl groups excluding tert-OH is 1. The summed E-state index contributed by atoms with van der Waals surface area (Å²) < 4.78 is 0. The van der Waals surface area contributed by atoms with E-state index in [1.165, 1.54) is 11.1 Å². The largest absolute Gasteiger partial charge is 0.384 e. The quantitative estimate of drug-likeness (QED) is 0.753. The molecular formula is C15H14O. The first-order chi connectivity index (χ1) is 7.86. The lowest BCUT2D eigenvalue weighted by Crippen LogP contribution is -2.01. The highest BCUT2D eigenvalue weighted by Gasteiger charge is 2.20. The molecule has 0 aromatic heterocycles. The molecule has 2 atom stereocenters. The van der Waals surface area contributed by atoms with Crippen LogP contribution in [0.15, 0.2) is 48.6 Å². The Labute approximate surface area is 95.4 Å². The van der Waals surface area contributed by atoms with Crippen LogP contribution in [0.2, 0.25) is 0 Å². The van der Waals surface area contributed by atoms with Crippen molar-refractivity contribution in [2.75, 3.05) is 0 Å². The summed E-state index contributed by atoms with van der Waals surface area (Å²) in [5.41, 5.74) is 3.58. The molecule has 2 aliphatic rings. The summed E-state index contributed by atoms with van der Waals surface area (Å²) in [6.45, 7) is 0. The fourth-order valence-corrected chi connectivity index (χ4v) is 2.48. The van der Waals surface area contributed by atoms with Gasteiger partial charge in [0.05, 0.1) is 6.10 Å². The summed E-state index contributed by atoms with van der Waals surface area (Å²) in [6.07, 6.45) is 13.1. The van der Waals surface area contributed by atoms with Crippen LogP contribution in [0.25, 0.3) is 6.08 Å². The topological polar surface area (TPSA) is 20.2 Å². The number of hydrogen-bond acceptors (Lipinski definition) is 1. The SMILES string of the molecule is OC1C=Cc2c1cccc2C1C=CC=CC1. The van der Waals surface area contributed by atoms with Crippen LogP contribution < -0.4 is 0 Å². The smallest absolute Gasteiger partial charge is 0.0980 e. The number of aliphatic hydroxyl groups is 1. The van der Waals surface area contributed by atoms with Crippen LogP contribution in [0.1, 0.15) is 35.1 Å². The monoisotopic (exact) mass is 210 g/mol. The molecule has 0 radical (unpaired) electrons. The van der Waals surface area contributed by atoms with Gasteiger partial charge in [0.15, 0.2) is 0 Å². The first-order valence-electron chi connectivity index (χ1n) is 5.68. The Morgan fingerprint density at radius 2 is 1.94 bits per heavy atom. The lowest BCUT2D eigenvalue weighted by molar-refractivity contribution is 0.232. The maximum atomic E-state index is 9.79. The molecule has 1 N–H and O–H groups in total. The summed E-state index contributed by atoms with van der Waals surface area (Å²) in [5, 5.41) is 9.79. The van der Waals surface area contributed by atoms with Gasteiger partial charge in [-0.15, -0.1) is 0 Å². The highest BCUT2D eigenvalue weighted by atomic mass is 16.3. The van der Waals surface area contributed by atoms with Crippen molar-refractivity contribution in [1.29, 1.82) is 0 Å². The zero-order valence-electron chi connectivity index (χ0n) is 9.01. The number of rotatable bonds is 1. The minimum Gasteiger partial charge on any atom is -0.384 e. The van der Waals surface area contributed by atoms with Gasteiger partial charge in [-0.05, 0) is 23.1 Å². The van der Waals surface area contributed by atoms with Crippen molar-refractivity contribution in [3.63, 3.8) is 0 Å². The van der Waals surface area contributed by atoms with Gasteiger partial charge in [-0.3, -0.25) is 0 Å². The van der Waals surface area contributed by atoms with Gasteiger partial charge in [0.1, 0.15) is 0 Å². The van der Waals surface area contributed by atoms with Crippen LogP contribution in [-0.4, -0.2) is 5.11 Å². The van der Waals surface area contributed by atoms with E-state index in [1.54, 1.807) is 0 Å².